The molecular formula is C8H15O11P-2. The van der Waals surface area contributed by atoms with Gasteiger partial charge in [-0.2, -0.15) is 0 Å². The van der Waals surface area contributed by atoms with Gasteiger partial charge in [0.1, 0.15) is 36.6 Å². The second kappa shape index (κ2) is 6.73. The fraction of sp³-hybridized carbons (Fsp3) is 1.00. The van der Waals surface area contributed by atoms with Crippen molar-refractivity contribution in [1.82, 2.24) is 0 Å². The Morgan fingerprint density at radius 2 is 1.70 bits per heavy atom. The first-order valence-electron chi connectivity index (χ1n) is 5.45. The van der Waals surface area contributed by atoms with Gasteiger partial charge in [0.15, 0.2) is 6.29 Å². The van der Waals surface area contributed by atoms with Crippen molar-refractivity contribution in [3.8, 4) is 0 Å². The monoisotopic (exact) mass is 318 g/mol. The molecule has 0 aromatic rings. The smallest absolute Gasteiger partial charge is 0.191 e. The van der Waals surface area contributed by atoms with Crippen LogP contribution in [0.25, 0.3) is 0 Å². The molecule has 0 aromatic carbocycles. The van der Waals surface area contributed by atoms with Gasteiger partial charge < -0.3 is 54.3 Å². The molecule has 0 saturated carbocycles. The standard InChI is InChI=1S/C8H17O11P/c9-1-2(10)3(11)7-5(13)4(12)6(14)8(18-7)19-20(15,16)17/h2-14H,1H2,(H2,15,16,17)/p-2/t2-,3-,4+,5+,6-,7?,8-/m1/s1. The van der Waals surface area contributed by atoms with Crippen molar-refractivity contribution >= 4 is 7.82 Å². The van der Waals surface area contributed by atoms with Gasteiger partial charge >= 0.3 is 0 Å². The predicted octanol–water partition coefficient (Wildman–Crippen LogP) is -5.65. The molecule has 1 unspecified atom stereocenters. The van der Waals surface area contributed by atoms with Crippen molar-refractivity contribution in [2.24, 2.45) is 0 Å². The molecule has 0 radical (unpaired) electrons. The van der Waals surface area contributed by atoms with Gasteiger partial charge in [-0.3, -0.25) is 0 Å². The van der Waals surface area contributed by atoms with Gasteiger partial charge in [0.25, 0.3) is 0 Å². The summed E-state index contributed by atoms with van der Waals surface area (Å²) in [5, 5.41) is 55.9. The highest BCUT2D eigenvalue weighted by molar-refractivity contribution is 7.43. The topological polar surface area (TPSA) is 203 Å². The van der Waals surface area contributed by atoms with Gasteiger partial charge in [0.2, 0.25) is 0 Å². The molecule has 1 aliphatic heterocycles. The minimum atomic E-state index is -5.58. The first-order valence-corrected chi connectivity index (χ1v) is 6.91. The van der Waals surface area contributed by atoms with Crippen molar-refractivity contribution in [2.45, 2.75) is 42.9 Å². The zero-order valence-electron chi connectivity index (χ0n) is 9.92. The molecule has 1 heterocycles. The lowest BCUT2D eigenvalue weighted by Crippen LogP contribution is -2.63. The van der Waals surface area contributed by atoms with E-state index in [1.165, 1.54) is 0 Å². The maximum absolute atomic E-state index is 10.5. The van der Waals surface area contributed by atoms with Crippen LogP contribution < -0.4 is 9.79 Å². The number of aliphatic hydroxyl groups excluding tert-OH is 6. The summed E-state index contributed by atoms with van der Waals surface area (Å²) in [6, 6.07) is 0. The lowest BCUT2D eigenvalue weighted by molar-refractivity contribution is -0.371. The predicted molar refractivity (Wildman–Crippen MR) is 54.5 cm³/mol. The maximum Gasteiger partial charge on any atom is 0.191 e. The molecule has 0 spiro atoms. The van der Waals surface area contributed by atoms with Crippen LogP contribution in [0.4, 0.5) is 0 Å². The van der Waals surface area contributed by atoms with Gasteiger partial charge in [-0.05, 0) is 0 Å². The second-order valence-electron chi connectivity index (χ2n) is 4.23. The quantitative estimate of drug-likeness (QED) is 0.263. The van der Waals surface area contributed by atoms with Crippen molar-refractivity contribution in [3.63, 3.8) is 0 Å². The van der Waals surface area contributed by atoms with E-state index in [1.807, 2.05) is 0 Å². The van der Waals surface area contributed by atoms with Crippen LogP contribution in [0.2, 0.25) is 0 Å². The van der Waals surface area contributed by atoms with E-state index < -0.39 is 57.3 Å². The van der Waals surface area contributed by atoms with Crippen LogP contribution in [-0.4, -0.2) is 80.2 Å². The summed E-state index contributed by atoms with van der Waals surface area (Å²) < 4.78 is 19.0. The fourth-order valence-electron chi connectivity index (χ4n) is 1.70. The van der Waals surface area contributed by atoms with Crippen LogP contribution in [0.5, 0.6) is 0 Å². The third kappa shape index (κ3) is 4.16. The summed E-state index contributed by atoms with van der Waals surface area (Å²) >= 11 is 0. The minimum absolute atomic E-state index is 0.917. The molecular weight excluding hydrogens is 303 g/mol. The van der Waals surface area contributed by atoms with Crippen molar-refractivity contribution in [2.75, 3.05) is 6.61 Å². The minimum Gasteiger partial charge on any atom is -0.790 e. The lowest BCUT2D eigenvalue weighted by atomic mass is 9.93. The van der Waals surface area contributed by atoms with Crippen LogP contribution in [0, 0.1) is 0 Å². The molecule has 0 aliphatic carbocycles. The highest BCUT2D eigenvalue weighted by Gasteiger charge is 2.48. The van der Waals surface area contributed by atoms with Crippen LogP contribution >= 0.6 is 7.82 Å². The SMILES string of the molecule is O=P([O-])([O-])O[C@H]1OC([C@H](O)[C@H](O)CO)[C@@H](O)[C@H](O)[C@H]1O. The third-order valence-corrected chi connectivity index (χ3v) is 3.22. The normalized spacial score (nSPS) is 38.5. The molecule has 1 fully saturated rings. The molecule has 20 heavy (non-hydrogen) atoms. The molecule has 0 amide bonds. The molecule has 6 N–H and O–H groups in total. The Labute approximate surface area is 112 Å². The molecule has 11 nitrogen and oxygen atoms in total. The van der Waals surface area contributed by atoms with Gasteiger partial charge in [-0.25, -0.2) is 0 Å². The average molecular weight is 318 g/mol. The second-order valence-corrected chi connectivity index (χ2v) is 5.34. The molecule has 0 bridgehead atoms. The number of aliphatic hydroxyl groups is 6. The first-order chi connectivity index (χ1) is 9.08. The Bertz CT molecular complexity index is 354. The Balaban J connectivity index is 2.88. The van der Waals surface area contributed by atoms with E-state index in [9.17, 15) is 39.9 Å². The Hall–Kier alpha value is -0.170. The van der Waals surface area contributed by atoms with Crippen LogP contribution in [0.15, 0.2) is 0 Å². The fourth-order valence-corrected chi connectivity index (χ4v) is 2.13. The summed E-state index contributed by atoms with van der Waals surface area (Å²) in [6.45, 7) is -0.917. The highest BCUT2D eigenvalue weighted by atomic mass is 31.2. The van der Waals surface area contributed by atoms with Gasteiger partial charge in [0.05, 0.1) is 14.4 Å². The van der Waals surface area contributed by atoms with Gasteiger partial charge in [0, 0.05) is 0 Å². The molecule has 0 aromatic heterocycles. The number of phosphoric ester groups is 1. The molecule has 7 atom stereocenters. The largest absolute Gasteiger partial charge is 0.790 e. The summed E-state index contributed by atoms with van der Waals surface area (Å²) in [7, 11) is -5.58. The van der Waals surface area contributed by atoms with Crippen LogP contribution in [0.1, 0.15) is 0 Å². The highest BCUT2D eigenvalue weighted by Crippen LogP contribution is 2.34. The van der Waals surface area contributed by atoms with E-state index in [0.29, 0.717) is 0 Å². The van der Waals surface area contributed by atoms with E-state index in [-0.39, 0.29) is 0 Å². The van der Waals surface area contributed by atoms with Crippen LogP contribution in [-0.2, 0) is 13.8 Å². The zero-order chi connectivity index (χ0) is 15.7. The number of ether oxygens (including phenoxy) is 1. The van der Waals surface area contributed by atoms with E-state index in [0.717, 1.165) is 0 Å². The van der Waals surface area contributed by atoms with Crippen LogP contribution in [0.3, 0.4) is 0 Å². The number of hydrogen-bond donors (Lipinski definition) is 6. The summed E-state index contributed by atoms with van der Waals surface area (Å²) in [6.07, 6.45) is -13.7. The zero-order valence-corrected chi connectivity index (χ0v) is 10.8. The molecule has 1 aliphatic rings. The Kier molecular flexibility index (Phi) is 6.01. The summed E-state index contributed by atoms with van der Waals surface area (Å²) in [5.41, 5.74) is 0. The maximum atomic E-state index is 10.5. The first kappa shape index (κ1) is 17.9. The molecule has 120 valence electrons. The van der Waals surface area contributed by atoms with E-state index in [1.54, 1.807) is 0 Å². The summed E-state index contributed by atoms with van der Waals surface area (Å²) in [4.78, 5) is 20.9. The van der Waals surface area contributed by atoms with Crippen molar-refractivity contribution in [1.29, 1.82) is 0 Å². The van der Waals surface area contributed by atoms with Gasteiger partial charge in [-0.1, -0.05) is 0 Å². The van der Waals surface area contributed by atoms with E-state index in [2.05, 4.69) is 9.26 Å². The number of rotatable bonds is 5. The lowest BCUT2D eigenvalue weighted by Gasteiger charge is -2.45. The number of hydrogen-bond acceptors (Lipinski definition) is 11. The van der Waals surface area contributed by atoms with Gasteiger partial charge in [-0.15, -0.1) is 0 Å². The van der Waals surface area contributed by atoms with E-state index >= 15 is 0 Å². The van der Waals surface area contributed by atoms with E-state index in [4.69, 9.17) is 5.11 Å². The Morgan fingerprint density at radius 1 is 1.15 bits per heavy atom. The van der Waals surface area contributed by atoms with Crippen molar-refractivity contribution < 1.29 is 54.3 Å². The number of phosphoric acid groups is 1. The average Bonchev–Trinajstić information content (AvgIpc) is 2.36. The van der Waals surface area contributed by atoms with Crippen molar-refractivity contribution in [3.05, 3.63) is 0 Å². The summed E-state index contributed by atoms with van der Waals surface area (Å²) in [5.74, 6) is 0. The molecule has 1 saturated heterocycles. The molecule has 12 heteroatoms. The Morgan fingerprint density at radius 3 is 2.15 bits per heavy atom. The third-order valence-electron chi connectivity index (χ3n) is 2.76. The molecule has 1 rings (SSSR count).